The van der Waals surface area contributed by atoms with Crippen molar-refractivity contribution in [3.8, 4) is 0 Å². The third-order valence-electron chi connectivity index (χ3n) is 2.28. The molecule has 1 N–H and O–H groups in total. The molecule has 1 heterocycles. The third kappa shape index (κ3) is 2.88. The van der Waals surface area contributed by atoms with E-state index in [1.165, 1.54) is 21.1 Å². The molecule has 4 unspecified atom stereocenters. The second kappa shape index (κ2) is 5.41. The van der Waals surface area contributed by atoms with Gasteiger partial charge in [0.25, 0.3) is 0 Å². The largest absolute Gasteiger partial charge is 0.454 e. The second-order valence-corrected chi connectivity index (χ2v) is 3.27. The molecule has 0 amide bonds. The van der Waals surface area contributed by atoms with Gasteiger partial charge in [0.2, 0.25) is 0 Å². The lowest BCUT2D eigenvalue weighted by atomic mass is 10.0. The van der Waals surface area contributed by atoms with Crippen molar-refractivity contribution in [3.63, 3.8) is 0 Å². The van der Waals surface area contributed by atoms with Crippen molar-refractivity contribution in [3.05, 3.63) is 0 Å². The first kappa shape index (κ1) is 12.4. The molecule has 0 spiro atoms. The minimum Gasteiger partial charge on any atom is -0.454 e. The van der Waals surface area contributed by atoms with E-state index in [1.807, 2.05) is 0 Å². The molecule has 0 aromatic carbocycles. The summed E-state index contributed by atoms with van der Waals surface area (Å²) in [5.41, 5.74) is 0. The fourth-order valence-electron chi connectivity index (χ4n) is 1.56. The van der Waals surface area contributed by atoms with Crippen LogP contribution in [-0.2, 0) is 23.7 Å². The van der Waals surface area contributed by atoms with Crippen LogP contribution in [0.2, 0.25) is 0 Å². The van der Waals surface area contributed by atoms with Gasteiger partial charge in [-0.15, -0.1) is 0 Å². The number of carbonyl (C=O) groups excluding carboxylic acids is 1. The monoisotopic (exact) mass is 220 g/mol. The van der Waals surface area contributed by atoms with Crippen molar-refractivity contribution >= 4 is 5.97 Å². The van der Waals surface area contributed by atoms with Crippen molar-refractivity contribution in [1.29, 1.82) is 0 Å². The quantitative estimate of drug-likeness (QED) is 0.634. The van der Waals surface area contributed by atoms with E-state index in [0.717, 1.165) is 0 Å². The van der Waals surface area contributed by atoms with E-state index in [1.54, 1.807) is 0 Å². The Morgan fingerprint density at radius 3 is 2.47 bits per heavy atom. The number of hydrogen-bond donors (Lipinski definition) is 1. The summed E-state index contributed by atoms with van der Waals surface area (Å²) >= 11 is 0. The van der Waals surface area contributed by atoms with E-state index in [-0.39, 0.29) is 12.7 Å². The van der Waals surface area contributed by atoms with Gasteiger partial charge in [0.05, 0.1) is 6.61 Å². The molecule has 88 valence electrons. The molecule has 0 saturated carbocycles. The topological polar surface area (TPSA) is 74.2 Å². The van der Waals surface area contributed by atoms with Gasteiger partial charge in [-0.05, 0) is 0 Å². The molecular formula is C9H16O6. The van der Waals surface area contributed by atoms with Crippen LogP contribution in [0.3, 0.4) is 0 Å². The zero-order chi connectivity index (χ0) is 11.4. The molecule has 0 radical (unpaired) electrons. The van der Waals surface area contributed by atoms with Crippen LogP contribution in [0.1, 0.15) is 6.92 Å². The highest BCUT2D eigenvalue weighted by atomic mass is 16.7. The minimum absolute atomic E-state index is 0.202. The zero-order valence-electron chi connectivity index (χ0n) is 9.00. The Bertz CT molecular complexity index is 219. The van der Waals surface area contributed by atoms with Gasteiger partial charge in [0.1, 0.15) is 12.2 Å². The van der Waals surface area contributed by atoms with Gasteiger partial charge in [-0.25, -0.2) is 0 Å². The number of rotatable bonds is 3. The van der Waals surface area contributed by atoms with E-state index in [0.29, 0.717) is 0 Å². The maximum Gasteiger partial charge on any atom is 0.303 e. The van der Waals surface area contributed by atoms with Crippen LogP contribution in [0.5, 0.6) is 0 Å². The molecule has 0 aromatic rings. The predicted octanol–water partition coefficient (Wildman–Crippen LogP) is -0.703. The van der Waals surface area contributed by atoms with E-state index in [4.69, 9.17) is 18.9 Å². The summed E-state index contributed by atoms with van der Waals surface area (Å²) in [4.78, 5) is 10.8. The zero-order valence-corrected chi connectivity index (χ0v) is 9.00. The van der Waals surface area contributed by atoms with Crippen LogP contribution >= 0.6 is 0 Å². The first-order valence-electron chi connectivity index (χ1n) is 4.62. The lowest BCUT2D eigenvalue weighted by Crippen LogP contribution is -2.55. The van der Waals surface area contributed by atoms with Crippen LogP contribution in [-0.4, -0.2) is 56.5 Å². The van der Waals surface area contributed by atoms with Gasteiger partial charge in [-0.3, -0.25) is 4.79 Å². The summed E-state index contributed by atoms with van der Waals surface area (Å²) in [7, 11) is 2.97. The predicted molar refractivity (Wildman–Crippen MR) is 49.1 cm³/mol. The maximum atomic E-state index is 10.8. The van der Waals surface area contributed by atoms with Crippen molar-refractivity contribution < 1.29 is 28.8 Å². The third-order valence-corrected chi connectivity index (χ3v) is 2.28. The van der Waals surface area contributed by atoms with Gasteiger partial charge in [-0.2, -0.15) is 0 Å². The smallest absolute Gasteiger partial charge is 0.303 e. The number of hydrogen-bond acceptors (Lipinski definition) is 6. The molecular weight excluding hydrogens is 204 g/mol. The van der Waals surface area contributed by atoms with E-state index in [9.17, 15) is 9.90 Å². The molecule has 1 aliphatic heterocycles. The summed E-state index contributed by atoms with van der Waals surface area (Å²) in [6.45, 7) is 1.46. The molecule has 6 heteroatoms. The van der Waals surface area contributed by atoms with Crippen molar-refractivity contribution in [2.24, 2.45) is 0 Å². The Balaban J connectivity index is 2.71. The lowest BCUT2D eigenvalue weighted by molar-refractivity contribution is -0.267. The molecule has 1 fully saturated rings. The fraction of sp³-hybridized carbons (Fsp3) is 0.889. The lowest BCUT2D eigenvalue weighted by Gasteiger charge is -2.38. The van der Waals surface area contributed by atoms with Crippen LogP contribution in [0, 0.1) is 0 Å². The molecule has 1 rings (SSSR count). The summed E-state index contributed by atoms with van der Waals surface area (Å²) in [5.74, 6) is -0.499. The summed E-state index contributed by atoms with van der Waals surface area (Å²) in [6.07, 6.45) is -2.91. The molecule has 6 nitrogen and oxygen atoms in total. The van der Waals surface area contributed by atoms with Gasteiger partial charge in [0.15, 0.2) is 12.4 Å². The standard InChI is InChI=1S/C9H16O6/c1-5(10)15-8-7(13-3)6(12-2)4-14-9(8)11/h6-9,11H,4H2,1-3H3. The second-order valence-electron chi connectivity index (χ2n) is 3.27. The molecule has 4 atom stereocenters. The normalized spacial score (nSPS) is 36.3. The fourth-order valence-corrected chi connectivity index (χ4v) is 1.56. The van der Waals surface area contributed by atoms with Crippen LogP contribution in [0.15, 0.2) is 0 Å². The number of ether oxygens (including phenoxy) is 4. The first-order valence-corrected chi connectivity index (χ1v) is 4.62. The SMILES string of the molecule is COC1COC(O)C(OC(C)=O)C1OC. The highest BCUT2D eigenvalue weighted by molar-refractivity contribution is 5.66. The number of aliphatic hydroxyl groups excluding tert-OH is 1. The molecule has 0 bridgehead atoms. The average Bonchev–Trinajstić information content (AvgIpc) is 2.20. The number of aliphatic hydroxyl groups is 1. The molecule has 1 saturated heterocycles. The van der Waals surface area contributed by atoms with Crippen molar-refractivity contribution in [2.75, 3.05) is 20.8 Å². The molecule has 0 aromatic heterocycles. The number of methoxy groups -OCH3 is 2. The van der Waals surface area contributed by atoms with Crippen LogP contribution in [0.4, 0.5) is 0 Å². The maximum absolute atomic E-state index is 10.8. The Morgan fingerprint density at radius 2 is 2.00 bits per heavy atom. The van der Waals surface area contributed by atoms with Crippen LogP contribution < -0.4 is 0 Å². The van der Waals surface area contributed by atoms with Crippen molar-refractivity contribution in [2.45, 2.75) is 31.5 Å². The highest BCUT2D eigenvalue weighted by Crippen LogP contribution is 2.21. The van der Waals surface area contributed by atoms with Crippen molar-refractivity contribution in [1.82, 2.24) is 0 Å². The van der Waals surface area contributed by atoms with Gasteiger partial charge >= 0.3 is 5.97 Å². The van der Waals surface area contributed by atoms with Gasteiger partial charge in [-0.1, -0.05) is 0 Å². The Hall–Kier alpha value is -0.690. The highest BCUT2D eigenvalue weighted by Gasteiger charge is 2.42. The summed E-state index contributed by atoms with van der Waals surface area (Å²) < 4.78 is 20.2. The van der Waals surface area contributed by atoms with E-state index in [2.05, 4.69) is 0 Å². The first-order chi connectivity index (χ1) is 7.10. The number of carbonyl (C=O) groups is 1. The Labute approximate surface area is 88.1 Å². The summed E-state index contributed by atoms with van der Waals surface area (Å²) in [6, 6.07) is 0. The average molecular weight is 220 g/mol. The molecule has 15 heavy (non-hydrogen) atoms. The Morgan fingerprint density at radius 1 is 1.33 bits per heavy atom. The van der Waals surface area contributed by atoms with Gasteiger partial charge in [0, 0.05) is 21.1 Å². The minimum atomic E-state index is -1.18. The molecule has 0 aliphatic carbocycles. The summed E-state index contributed by atoms with van der Waals surface area (Å²) in [5, 5.41) is 9.50. The van der Waals surface area contributed by atoms with E-state index >= 15 is 0 Å². The van der Waals surface area contributed by atoms with Crippen LogP contribution in [0.25, 0.3) is 0 Å². The van der Waals surface area contributed by atoms with Gasteiger partial charge < -0.3 is 24.1 Å². The Kier molecular flexibility index (Phi) is 4.46. The number of esters is 1. The van der Waals surface area contributed by atoms with E-state index < -0.39 is 24.5 Å². The molecule has 1 aliphatic rings.